The third-order valence-corrected chi connectivity index (χ3v) is 16.5. The summed E-state index contributed by atoms with van der Waals surface area (Å²) in [5.41, 5.74) is 1.82. The molecule has 0 radical (unpaired) electrons. The average molecular weight is 989 g/mol. The highest BCUT2D eigenvalue weighted by molar-refractivity contribution is 6.15. The van der Waals surface area contributed by atoms with Crippen molar-refractivity contribution in [1.82, 2.24) is 14.9 Å². The predicted molar refractivity (Wildman–Crippen MR) is 267 cm³/mol. The van der Waals surface area contributed by atoms with Crippen LogP contribution in [0.3, 0.4) is 0 Å². The molecule has 1 spiro atoms. The fourth-order valence-electron chi connectivity index (χ4n) is 13.2. The van der Waals surface area contributed by atoms with Gasteiger partial charge in [0.2, 0.25) is 18.1 Å². The lowest BCUT2D eigenvalue weighted by atomic mass is 9.44. The van der Waals surface area contributed by atoms with E-state index in [4.69, 9.17) is 43.1 Å². The number of nitrogens with one attached hydrogen (secondary N) is 1. The van der Waals surface area contributed by atoms with Gasteiger partial charge in [-0.2, -0.15) is 0 Å². The summed E-state index contributed by atoms with van der Waals surface area (Å²) in [6.45, 7) is 19.5. The van der Waals surface area contributed by atoms with Crippen LogP contribution in [0.25, 0.3) is 17.1 Å². The molecule has 3 saturated heterocycles. The van der Waals surface area contributed by atoms with Crippen molar-refractivity contribution in [1.29, 1.82) is 0 Å². The number of ether oxygens (including phenoxy) is 7. The number of carbonyl (C=O) groups is 2. The van der Waals surface area contributed by atoms with E-state index in [1.807, 2.05) is 64.1 Å². The summed E-state index contributed by atoms with van der Waals surface area (Å²) in [4.78, 5) is 40.2. The molecule has 12 atom stereocenters. The maximum Gasteiger partial charge on any atom is 0.246 e. The molecule has 4 N–H and O–H groups in total. The molecule has 16 heteroatoms. The van der Waals surface area contributed by atoms with Gasteiger partial charge in [0.25, 0.3) is 0 Å². The molecular formula is C56H68N4O12. The number of nitrogens with zero attached hydrogens (tertiary/aromatic N) is 3. The fraction of sp³-hybridized carbons (Fsp3) is 0.571. The number of carbonyl (C=O) groups excluding carboxylic acids is 2. The highest BCUT2D eigenvalue weighted by Crippen LogP contribution is 2.74. The van der Waals surface area contributed by atoms with Gasteiger partial charge in [0.05, 0.1) is 58.6 Å². The molecule has 2 aromatic carbocycles. The number of amides is 1. The number of aliphatic imine (C=N–C) groups is 1. The lowest BCUT2D eigenvalue weighted by Gasteiger charge is -2.64. The molecule has 72 heavy (non-hydrogen) atoms. The Bertz CT molecular complexity index is 2920. The summed E-state index contributed by atoms with van der Waals surface area (Å²) in [6.07, 6.45) is 6.28. The zero-order valence-electron chi connectivity index (χ0n) is 42.9. The Labute approximate surface area is 420 Å². The van der Waals surface area contributed by atoms with Gasteiger partial charge in [-0.15, -0.1) is 0 Å². The Balaban J connectivity index is 1.19. The second-order valence-corrected chi connectivity index (χ2v) is 22.7. The second-order valence-electron chi connectivity index (χ2n) is 22.7. The first kappa shape index (κ1) is 49.0. The van der Waals surface area contributed by atoms with Gasteiger partial charge in [0.1, 0.15) is 47.3 Å². The molecule has 7 unspecified atom stereocenters. The van der Waals surface area contributed by atoms with Gasteiger partial charge in [0, 0.05) is 35.9 Å². The Morgan fingerprint density at radius 3 is 2.50 bits per heavy atom. The molecule has 384 valence electrons. The third-order valence-electron chi connectivity index (χ3n) is 16.5. The number of aliphatic hydroxyl groups is 3. The van der Waals surface area contributed by atoms with Gasteiger partial charge < -0.3 is 58.4 Å². The summed E-state index contributed by atoms with van der Waals surface area (Å²) in [7, 11) is 0. The van der Waals surface area contributed by atoms with Gasteiger partial charge in [0.15, 0.2) is 22.8 Å². The van der Waals surface area contributed by atoms with E-state index in [0.29, 0.717) is 64.7 Å². The van der Waals surface area contributed by atoms with Gasteiger partial charge in [-0.1, -0.05) is 41.5 Å². The summed E-state index contributed by atoms with van der Waals surface area (Å²) in [6, 6.07) is 7.31. The first-order valence-corrected chi connectivity index (χ1v) is 25.6. The zero-order valence-corrected chi connectivity index (χ0v) is 42.9. The Morgan fingerprint density at radius 1 is 0.986 bits per heavy atom. The average Bonchev–Trinajstić information content (AvgIpc) is 3.76. The predicted octanol–water partition coefficient (Wildman–Crippen LogP) is 7.07. The standard InChI is InChI=1S/C56H68N4O12/c1-28(2)14-13-21-54(10)22-20-32-44(70-54)31(18-17-29(3)4)46-38(45(32)68-50-43(63)42(62)47-36(67-50)27-66-53(8,9)69-47)40-39-41(60-35-16-12-11-15-34(35)58-51(60)59-40)33-26-37-52(6,7)72-55(48(33)64,56(37,39)71-46)23-19-30(5)49(65)57-24-25-61/h11-12,14-17,19-20,22,33,36-37,39,41-43,47,50,61-63H,13,18,21,23-27H2,1-10H3,(H,57,65)/t33?,36-,37?,39?,41?,42-,43-,47-,50+,54?,55?,56?/m1/s1. The zero-order chi connectivity index (χ0) is 51.0. The lowest BCUT2D eigenvalue weighted by molar-refractivity contribution is -0.373. The molecule has 3 aromatic rings. The van der Waals surface area contributed by atoms with Crippen LogP contribution in [-0.4, -0.2) is 121 Å². The van der Waals surface area contributed by atoms with Crippen LogP contribution in [0, 0.1) is 17.8 Å². The molecule has 7 heterocycles. The number of benzene rings is 2. The van der Waals surface area contributed by atoms with Gasteiger partial charge >= 0.3 is 0 Å². The molecule has 4 bridgehead atoms. The van der Waals surface area contributed by atoms with E-state index in [2.05, 4.69) is 42.8 Å². The molecule has 3 aliphatic carbocycles. The molecule has 1 aromatic heterocycles. The number of fused-ring (bicyclic) bond motifs is 7. The Kier molecular flexibility index (Phi) is 11.7. The molecule has 12 rings (SSSR count). The van der Waals surface area contributed by atoms with E-state index in [1.165, 1.54) is 5.57 Å². The van der Waals surface area contributed by atoms with Crippen molar-refractivity contribution in [2.24, 2.45) is 22.7 Å². The molecule has 16 nitrogen and oxygen atoms in total. The monoisotopic (exact) mass is 988 g/mol. The van der Waals surface area contributed by atoms with Crippen molar-refractivity contribution < 1.29 is 58.1 Å². The number of imidazole rings is 1. The molecule has 3 saturated carbocycles. The fourth-order valence-corrected chi connectivity index (χ4v) is 13.2. The quantitative estimate of drug-likeness (QED) is 0.106. The molecule has 1 amide bonds. The second kappa shape index (κ2) is 17.2. The topological polar surface area (TPSA) is 202 Å². The minimum atomic E-state index is -1.61. The van der Waals surface area contributed by atoms with Crippen molar-refractivity contribution in [2.45, 2.75) is 166 Å². The maximum atomic E-state index is 16.1. The van der Waals surface area contributed by atoms with Crippen molar-refractivity contribution in [3.63, 3.8) is 0 Å². The van der Waals surface area contributed by atoms with Gasteiger partial charge in [-0.3, -0.25) is 9.59 Å². The smallest absolute Gasteiger partial charge is 0.246 e. The number of aliphatic hydroxyl groups excluding tert-OH is 3. The minimum Gasteiger partial charge on any atom is -0.482 e. The number of rotatable bonds is 12. The highest BCUT2D eigenvalue weighted by Gasteiger charge is 2.86. The molecule has 6 fully saturated rings. The van der Waals surface area contributed by atoms with Gasteiger partial charge in [-0.05, 0) is 119 Å². The number of Topliss-reactive ketones (excluding diaryl/α,β-unsaturated/α-hetero) is 1. The summed E-state index contributed by atoms with van der Waals surface area (Å²) < 4.78 is 50.6. The van der Waals surface area contributed by atoms with E-state index in [-0.39, 0.29) is 49.5 Å². The lowest BCUT2D eigenvalue weighted by Crippen LogP contribution is -2.79. The van der Waals surface area contributed by atoms with Crippen LogP contribution in [-0.2, 0) is 35.0 Å². The van der Waals surface area contributed by atoms with Crippen LogP contribution in [0.15, 0.2) is 70.3 Å². The number of allylic oxidation sites excluding steroid dienone is 4. The van der Waals surface area contributed by atoms with Gasteiger partial charge in [-0.25, -0.2) is 9.98 Å². The van der Waals surface area contributed by atoms with Crippen molar-refractivity contribution in [3.05, 3.63) is 82.0 Å². The van der Waals surface area contributed by atoms with Crippen LogP contribution in [0.1, 0.15) is 118 Å². The highest BCUT2D eigenvalue weighted by atomic mass is 16.8. The first-order chi connectivity index (χ1) is 34.1. The van der Waals surface area contributed by atoms with E-state index < -0.39 is 76.8 Å². The van der Waals surface area contributed by atoms with E-state index in [1.54, 1.807) is 26.8 Å². The Morgan fingerprint density at radius 2 is 1.75 bits per heavy atom. The van der Waals surface area contributed by atoms with Crippen LogP contribution in [0.2, 0.25) is 0 Å². The van der Waals surface area contributed by atoms with E-state index >= 15 is 4.79 Å². The third kappa shape index (κ3) is 7.32. The van der Waals surface area contributed by atoms with Crippen molar-refractivity contribution in [3.8, 4) is 17.2 Å². The SMILES string of the molecule is CC(C)=CCCC1(C)C=Cc2c(c(CC=C(C)C)c3c(c2O[C@@H]2O[C@@H]4COC(C)(C)O[C@H]4[C@H](O)[C@H]2O)C2=Nc4nc5ccccc5n4C4C5CC6C(C)(C)OC(CC=C(C)C(=O)NCCO)(C5=O)C6(O3)C24)O1. The number of aromatic nitrogens is 2. The molecular weight excluding hydrogens is 921 g/mol. The number of para-hydroxylation sites is 2. The number of hydrogen-bond donors (Lipinski definition) is 4. The largest absolute Gasteiger partial charge is 0.482 e. The summed E-state index contributed by atoms with van der Waals surface area (Å²) >= 11 is 0. The van der Waals surface area contributed by atoms with Crippen LogP contribution >= 0.6 is 0 Å². The normalized spacial score (nSPS) is 34.8. The number of hydrogen-bond acceptors (Lipinski definition) is 14. The van der Waals surface area contributed by atoms with E-state index in [0.717, 1.165) is 23.0 Å². The van der Waals surface area contributed by atoms with E-state index in [9.17, 15) is 20.1 Å². The van der Waals surface area contributed by atoms with Crippen LogP contribution < -0.4 is 19.5 Å². The summed E-state index contributed by atoms with van der Waals surface area (Å²) in [5, 5.41) is 36.1. The minimum absolute atomic E-state index is 0.0206. The van der Waals surface area contributed by atoms with Crippen molar-refractivity contribution in [2.75, 3.05) is 19.8 Å². The summed E-state index contributed by atoms with van der Waals surface area (Å²) in [5.74, 6) is -1.52. The van der Waals surface area contributed by atoms with Crippen molar-refractivity contribution >= 4 is 40.5 Å². The van der Waals surface area contributed by atoms with Crippen LogP contribution in [0.4, 0.5) is 5.95 Å². The Hall–Kier alpha value is -5.20. The number of ketones is 1. The molecule has 9 aliphatic rings. The maximum absolute atomic E-state index is 16.1. The molecule has 6 aliphatic heterocycles. The van der Waals surface area contributed by atoms with Crippen LogP contribution in [0.5, 0.6) is 17.2 Å². The first-order valence-electron chi connectivity index (χ1n) is 25.6.